The maximum atomic E-state index is 12.4. The molecule has 7 nitrogen and oxygen atoms in total. The molecule has 1 aromatic rings. The van der Waals surface area contributed by atoms with E-state index >= 15 is 0 Å². The first-order valence-corrected chi connectivity index (χ1v) is 7.04. The smallest absolute Gasteiger partial charge is 0.358 e. The largest absolute Gasteiger partial charge is 0.465 e. The van der Waals surface area contributed by atoms with Crippen molar-refractivity contribution >= 4 is 17.7 Å². The number of fused-ring (bicyclic) bond motifs is 1. The van der Waals surface area contributed by atoms with Gasteiger partial charge in [-0.05, 0) is 26.7 Å². The van der Waals surface area contributed by atoms with Gasteiger partial charge >= 0.3 is 11.9 Å². The van der Waals surface area contributed by atoms with Crippen LogP contribution in [0.2, 0.25) is 0 Å². The zero-order valence-electron chi connectivity index (χ0n) is 12.1. The molecule has 1 aliphatic rings. The summed E-state index contributed by atoms with van der Waals surface area (Å²) in [7, 11) is 0. The second kappa shape index (κ2) is 6.51. The normalized spacial score (nSPS) is 17.8. The van der Waals surface area contributed by atoms with Crippen LogP contribution < -0.4 is 0 Å². The Kier molecular flexibility index (Phi) is 4.72. The first-order valence-electron chi connectivity index (χ1n) is 7.04. The number of nitrogens with zero attached hydrogens (tertiary/aromatic N) is 2. The monoisotopic (exact) mass is 294 g/mol. The number of ether oxygens (including phenoxy) is 2. The second-order valence-corrected chi connectivity index (χ2v) is 4.67. The minimum absolute atomic E-state index is 0.0877. The van der Waals surface area contributed by atoms with Crippen molar-refractivity contribution in [3.63, 3.8) is 0 Å². The summed E-state index contributed by atoms with van der Waals surface area (Å²) >= 11 is 0. The van der Waals surface area contributed by atoms with Crippen molar-refractivity contribution < 1.29 is 23.9 Å². The first kappa shape index (κ1) is 15.2. The van der Waals surface area contributed by atoms with Crippen LogP contribution in [0.25, 0.3) is 0 Å². The van der Waals surface area contributed by atoms with Crippen LogP contribution in [-0.4, -0.2) is 40.7 Å². The third-order valence-corrected chi connectivity index (χ3v) is 3.27. The quantitative estimate of drug-likeness (QED) is 0.613. The highest BCUT2D eigenvalue weighted by Gasteiger charge is 2.34. The van der Waals surface area contributed by atoms with Crippen molar-refractivity contribution in [1.29, 1.82) is 0 Å². The van der Waals surface area contributed by atoms with Gasteiger partial charge in [0.15, 0.2) is 11.5 Å². The van der Waals surface area contributed by atoms with E-state index in [2.05, 4.69) is 5.10 Å². The van der Waals surface area contributed by atoms with Crippen molar-refractivity contribution in [3.8, 4) is 0 Å². The number of esters is 2. The summed E-state index contributed by atoms with van der Waals surface area (Å²) in [5, 5.41) is 4.09. The lowest BCUT2D eigenvalue weighted by atomic mass is 9.97. The lowest BCUT2D eigenvalue weighted by molar-refractivity contribution is -0.146. The summed E-state index contributed by atoms with van der Waals surface area (Å²) in [5.41, 5.74) is 0.346. The van der Waals surface area contributed by atoms with Crippen LogP contribution in [-0.2, 0) is 20.8 Å². The molecule has 0 aliphatic carbocycles. The van der Waals surface area contributed by atoms with Crippen molar-refractivity contribution in [3.05, 3.63) is 17.5 Å². The highest BCUT2D eigenvalue weighted by atomic mass is 16.5. The molecule has 1 atom stereocenters. The minimum Gasteiger partial charge on any atom is -0.465 e. The standard InChI is InChI=1S/C14H18N2O5/c1-3-20-13(18)9-6-5-7-16-11(12(9)17)8-10(15-16)14(19)21-4-2/h8-9H,3-7H2,1-2H3/t9-/m0/s1. The van der Waals surface area contributed by atoms with Gasteiger partial charge in [-0.15, -0.1) is 0 Å². The molecule has 114 valence electrons. The maximum absolute atomic E-state index is 12.4. The number of ketones is 1. The molecule has 1 aromatic heterocycles. The Labute approximate surface area is 122 Å². The molecule has 0 saturated carbocycles. The van der Waals surface area contributed by atoms with Gasteiger partial charge in [-0.1, -0.05) is 0 Å². The van der Waals surface area contributed by atoms with Gasteiger partial charge < -0.3 is 9.47 Å². The van der Waals surface area contributed by atoms with Crippen molar-refractivity contribution in [2.45, 2.75) is 33.2 Å². The molecule has 21 heavy (non-hydrogen) atoms. The van der Waals surface area contributed by atoms with Gasteiger partial charge in [-0.2, -0.15) is 5.10 Å². The lowest BCUT2D eigenvalue weighted by Gasteiger charge is -2.10. The van der Waals surface area contributed by atoms with E-state index in [1.54, 1.807) is 13.8 Å². The Balaban J connectivity index is 2.27. The number of Topliss-reactive ketones (excluding diaryl/α,β-unsaturated/α-hetero) is 1. The molecule has 0 N–H and O–H groups in total. The Morgan fingerprint density at radius 3 is 2.71 bits per heavy atom. The van der Waals surface area contributed by atoms with Gasteiger partial charge in [-0.3, -0.25) is 14.3 Å². The number of aryl methyl sites for hydroxylation is 1. The van der Waals surface area contributed by atoms with Crippen LogP contribution in [0, 0.1) is 5.92 Å². The molecule has 1 aliphatic heterocycles. The molecule has 0 saturated heterocycles. The third-order valence-electron chi connectivity index (χ3n) is 3.27. The number of carbonyl (C=O) groups is 3. The Morgan fingerprint density at radius 1 is 1.33 bits per heavy atom. The van der Waals surface area contributed by atoms with Crippen LogP contribution in [0.3, 0.4) is 0 Å². The second-order valence-electron chi connectivity index (χ2n) is 4.67. The van der Waals surface area contributed by atoms with Crippen LogP contribution in [0.4, 0.5) is 0 Å². The highest BCUT2D eigenvalue weighted by molar-refractivity contribution is 6.08. The number of hydrogen-bond donors (Lipinski definition) is 0. The molecule has 0 radical (unpaired) electrons. The van der Waals surface area contributed by atoms with Crippen LogP contribution in [0.15, 0.2) is 6.07 Å². The molecule has 0 amide bonds. The molecule has 2 rings (SSSR count). The molecule has 7 heteroatoms. The molecular weight excluding hydrogens is 276 g/mol. The van der Waals surface area contributed by atoms with E-state index in [4.69, 9.17) is 9.47 Å². The van der Waals surface area contributed by atoms with Crippen LogP contribution in [0.5, 0.6) is 0 Å². The van der Waals surface area contributed by atoms with E-state index in [0.29, 0.717) is 19.4 Å². The van der Waals surface area contributed by atoms with E-state index in [-0.39, 0.29) is 30.4 Å². The Hall–Kier alpha value is -2.18. The van der Waals surface area contributed by atoms with E-state index in [0.717, 1.165) is 0 Å². The predicted molar refractivity (Wildman–Crippen MR) is 71.9 cm³/mol. The van der Waals surface area contributed by atoms with Gasteiger partial charge in [0.1, 0.15) is 11.6 Å². The molecule has 0 fully saturated rings. The van der Waals surface area contributed by atoms with Crippen molar-refractivity contribution in [2.24, 2.45) is 5.92 Å². The summed E-state index contributed by atoms with van der Waals surface area (Å²) < 4.78 is 11.3. The van der Waals surface area contributed by atoms with Crippen LogP contribution in [0.1, 0.15) is 47.7 Å². The minimum atomic E-state index is -0.821. The van der Waals surface area contributed by atoms with E-state index < -0.39 is 17.9 Å². The average molecular weight is 294 g/mol. The summed E-state index contributed by atoms with van der Waals surface area (Å²) in [5.74, 6) is -2.26. The zero-order chi connectivity index (χ0) is 15.4. The zero-order valence-corrected chi connectivity index (χ0v) is 12.1. The molecule has 0 unspecified atom stereocenters. The fourth-order valence-corrected chi connectivity index (χ4v) is 2.31. The van der Waals surface area contributed by atoms with E-state index in [1.807, 2.05) is 0 Å². The molecule has 2 heterocycles. The molecule has 0 spiro atoms. The number of hydrogen-bond acceptors (Lipinski definition) is 6. The maximum Gasteiger partial charge on any atom is 0.358 e. The van der Waals surface area contributed by atoms with Crippen molar-refractivity contribution in [1.82, 2.24) is 9.78 Å². The van der Waals surface area contributed by atoms with Crippen molar-refractivity contribution in [2.75, 3.05) is 13.2 Å². The van der Waals surface area contributed by atoms with Crippen LogP contribution >= 0.6 is 0 Å². The number of aromatic nitrogens is 2. The predicted octanol–water partition coefficient (Wildman–Crippen LogP) is 1.22. The summed E-state index contributed by atoms with van der Waals surface area (Å²) in [6.45, 7) is 4.34. The topological polar surface area (TPSA) is 87.5 Å². The first-order chi connectivity index (χ1) is 10.1. The third kappa shape index (κ3) is 3.12. The molecule has 0 aromatic carbocycles. The fourth-order valence-electron chi connectivity index (χ4n) is 2.31. The summed E-state index contributed by atoms with van der Waals surface area (Å²) in [6.07, 6.45) is 1.04. The fraction of sp³-hybridized carbons (Fsp3) is 0.571. The SMILES string of the molecule is CCOC(=O)c1cc2n(n1)CCC[C@H](C(=O)OCC)C2=O. The highest BCUT2D eigenvalue weighted by Crippen LogP contribution is 2.22. The summed E-state index contributed by atoms with van der Waals surface area (Å²) in [6, 6.07) is 1.39. The average Bonchev–Trinajstić information content (AvgIpc) is 2.81. The lowest BCUT2D eigenvalue weighted by Crippen LogP contribution is -2.26. The van der Waals surface area contributed by atoms with Gasteiger partial charge in [0, 0.05) is 12.6 Å². The van der Waals surface area contributed by atoms with E-state index in [9.17, 15) is 14.4 Å². The number of carbonyl (C=O) groups excluding carboxylic acids is 3. The van der Waals surface area contributed by atoms with Gasteiger partial charge in [0.2, 0.25) is 0 Å². The number of rotatable bonds is 4. The van der Waals surface area contributed by atoms with Gasteiger partial charge in [0.05, 0.1) is 13.2 Å². The Morgan fingerprint density at radius 2 is 2.05 bits per heavy atom. The summed E-state index contributed by atoms with van der Waals surface area (Å²) in [4.78, 5) is 36.0. The molecular formula is C14H18N2O5. The van der Waals surface area contributed by atoms with E-state index in [1.165, 1.54) is 10.7 Å². The Bertz CT molecular complexity index is 564. The van der Waals surface area contributed by atoms with Gasteiger partial charge in [0.25, 0.3) is 0 Å². The molecule has 0 bridgehead atoms. The van der Waals surface area contributed by atoms with Gasteiger partial charge in [-0.25, -0.2) is 4.79 Å².